The molecule has 0 spiro atoms. The molecule has 0 amide bonds. The monoisotopic (exact) mass is 265 g/mol. The normalized spacial score (nSPS) is 18.4. The Bertz CT molecular complexity index is 592. The lowest BCUT2D eigenvalue weighted by molar-refractivity contribution is 0.191. The molecule has 0 saturated heterocycles. The predicted octanol–water partition coefficient (Wildman–Crippen LogP) is 1.78. The van der Waals surface area contributed by atoms with E-state index in [0.29, 0.717) is 17.9 Å². The third-order valence-corrected chi connectivity index (χ3v) is 3.42. The van der Waals surface area contributed by atoms with E-state index in [1.54, 1.807) is 0 Å². The SMILES string of the molecule is OCC1CCc2nnc(-c3cc(F)cc(F)c3)n2C1. The summed E-state index contributed by atoms with van der Waals surface area (Å²) < 4.78 is 28.3. The smallest absolute Gasteiger partial charge is 0.164 e. The predicted molar refractivity (Wildman–Crippen MR) is 64.3 cm³/mol. The maximum absolute atomic E-state index is 13.3. The van der Waals surface area contributed by atoms with Crippen molar-refractivity contribution in [1.82, 2.24) is 14.8 Å². The summed E-state index contributed by atoms with van der Waals surface area (Å²) in [6, 6.07) is 3.30. The van der Waals surface area contributed by atoms with E-state index in [-0.39, 0.29) is 12.5 Å². The first-order valence-corrected chi connectivity index (χ1v) is 6.17. The van der Waals surface area contributed by atoms with Crippen LogP contribution in [0.25, 0.3) is 11.4 Å². The fraction of sp³-hybridized carbons (Fsp3) is 0.385. The standard InChI is InChI=1S/C13H13F2N3O/c14-10-3-9(4-11(15)5-10)13-17-16-12-2-1-8(7-19)6-18(12)13/h3-5,8,19H,1-2,6-7H2. The molecule has 1 unspecified atom stereocenters. The van der Waals surface area contributed by atoms with Crippen molar-refractivity contribution >= 4 is 0 Å². The van der Waals surface area contributed by atoms with Crippen LogP contribution in [0.5, 0.6) is 0 Å². The van der Waals surface area contributed by atoms with Gasteiger partial charge in [-0.1, -0.05) is 0 Å². The van der Waals surface area contributed by atoms with Crippen LogP contribution in [0.15, 0.2) is 18.2 Å². The molecule has 1 aliphatic heterocycles. The molecule has 4 nitrogen and oxygen atoms in total. The highest BCUT2D eigenvalue weighted by molar-refractivity contribution is 5.55. The van der Waals surface area contributed by atoms with Crippen molar-refractivity contribution in [3.05, 3.63) is 35.7 Å². The van der Waals surface area contributed by atoms with Gasteiger partial charge in [-0.05, 0) is 18.6 Å². The van der Waals surface area contributed by atoms with Crippen molar-refractivity contribution in [2.24, 2.45) is 5.92 Å². The van der Waals surface area contributed by atoms with Crippen LogP contribution in [0, 0.1) is 17.6 Å². The van der Waals surface area contributed by atoms with E-state index in [1.807, 2.05) is 4.57 Å². The first-order chi connectivity index (χ1) is 9.17. The van der Waals surface area contributed by atoms with Crippen molar-refractivity contribution in [3.63, 3.8) is 0 Å². The molecule has 6 heteroatoms. The number of benzene rings is 1. The van der Waals surface area contributed by atoms with Gasteiger partial charge in [0.1, 0.15) is 17.5 Å². The Balaban J connectivity index is 2.04. The minimum Gasteiger partial charge on any atom is -0.396 e. The highest BCUT2D eigenvalue weighted by Crippen LogP contribution is 2.26. The largest absolute Gasteiger partial charge is 0.396 e. The highest BCUT2D eigenvalue weighted by Gasteiger charge is 2.23. The van der Waals surface area contributed by atoms with E-state index < -0.39 is 11.6 Å². The van der Waals surface area contributed by atoms with Crippen LogP contribution in [-0.4, -0.2) is 26.5 Å². The summed E-state index contributed by atoms with van der Waals surface area (Å²) in [7, 11) is 0. The molecule has 0 radical (unpaired) electrons. The summed E-state index contributed by atoms with van der Waals surface area (Å²) in [6.45, 7) is 0.668. The molecule has 3 rings (SSSR count). The van der Waals surface area contributed by atoms with Crippen molar-refractivity contribution in [1.29, 1.82) is 0 Å². The molecule has 0 fully saturated rings. The van der Waals surface area contributed by atoms with E-state index in [2.05, 4.69) is 10.2 Å². The second-order valence-corrected chi connectivity index (χ2v) is 4.80. The molecule has 1 atom stereocenters. The van der Waals surface area contributed by atoms with Gasteiger partial charge in [0.25, 0.3) is 0 Å². The molecule has 0 aliphatic carbocycles. The summed E-state index contributed by atoms with van der Waals surface area (Å²) >= 11 is 0. The first kappa shape index (κ1) is 12.2. The van der Waals surface area contributed by atoms with Crippen LogP contribution in [0.3, 0.4) is 0 Å². The van der Waals surface area contributed by atoms with Gasteiger partial charge in [-0.3, -0.25) is 0 Å². The molecule has 1 N–H and O–H groups in total. The highest BCUT2D eigenvalue weighted by atomic mass is 19.1. The zero-order valence-corrected chi connectivity index (χ0v) is 10.2. The zero-order chi connectivity index (χ0) is 13.4. The van der Waals surface area contributed by atoms with Crippen LogP contribution >= 0.6 is 0 Å². The number of hydrogen-bond acceptors (Lipinski definition) is 3. The van der Waals surface area contributed by atoms with Gasteiger partial charge >= 0.3 is 0 Å². The third-order valence-electron chi connectivity index (χ3n) is 3.42. The summed E-state index contributed by atoms with van der Waals surface area (Å²) in [5.74, 6) is 0.111. The number of aliphatic hydroxyl groups is 1. The lowest BCUT2D eigenvalue weighted by Gasteiger charge is -2.22. The van der Waals surface area contributed by atoms with Crippen molar-refractivity contribution in [2.75, 3.05) is 6.61 Å². The third kappa shape index (κ3) is 2.23. The molecular weight excluding hydrogens is 252 g/mol. The number of hydrogen-bond donors (Lipinski definition) is 1. The Morgan fingerprint density at radius 2 is 1.95 bits per heavy atom. The number of rotatable bonds is 2. The summed E-state index contributed by atoms with van der Waals surface area (Å²) in [4.78, 5) is 0. The first-order valence-electron chi connectivity index (χ1n) is 6.17. The summed E-state index contributed by atoms with van der Waals surface area (Å²) in [6.07, 6.45) is 1.57. The number of aryl methyl sites for hydroxylation is 1. The van der Waals surface area contributed by atoms with E-state index in [1.165, 1.54) is 12.1 Å². The van der Waals surface area contributed by atoms with Crippen molar-refractivity contribution in [3.8, 4) is 11.4 Å². The van der Waals surface area contributed by atoms with E-state index in [0.717, 1.165) is 24.7 Å². The average Bonchev–Trinajstić information content (AvgIpc) is 2.80. The molecule has 2 heterocycles. The molecule has 19 heavy (non-hydrogen) atoms. The molecule has 0 bridgehead atoms. The van der Waals surface area contributed by atoms with Crippen LogP contribution in [0.1, 0.15) is 12.2 Å². The van der Waals surface area contributed by atoms with Gasteiger partial charge in [0.2, 0.25) is 0 Å². The molecule has 2 aromatic rings. The maximum atomic E-state index is 13.3. The van der Waals surface area contributed by atoms with E-state index >= 15 is 0 Å². The average molecular weight is 265 g/mol. The van der Waals surface area contributed by atoms with Gasteiger partial charge in [-0.15, -0.1) is 10.2 Å². The lowest BCUT2D eigenvalue weighted by Crippen LogP contribution is -2.23. The van der Waals surface area contributed by atoms with E-state index in [4.69, 9.17) is 0 Å². The van der Waals surface area contributed by atoms with E-state index in [9.17, 15) is 13.9 Å². The molecule has 0 saturated carbocycles. The van der Waals surface area contributed by atoms with Gasteiger partial charge in [-0.2, -0.15) is 0 Å². The Morgan fingerprint density at radius 3 is 2.63 bits per heavy atom. The fourth-order valence-electron chi connectivity index (χ4n) is 2.44. The molecule has 100 valence electrons. The number of aliphatic hydroxyl groups excluding tert-OH is 1. The summed E-state index contributed by atoms with van der Waals surface area (Å²) in [5, 5.41) is 17.3. The van der Waals surface area contributed by atoms with Crippen molar-refractivity contribution < 1.29 is 13.9 Å². The second kappa shape index (κ2) is 4.70. The number of aromatic nitrogens is 3. The van der Waals surface area contributed by atoms with Crippen molar-refractivity contribution in [2.45, 2.75) is 19.4 Å². The molecule has 1 aromatic heterocycles. The Morgan fingerprint density at radius 1 is 1.21 bits per heavy atom. The number of halogens is 2. The summed E-state index contributed by atoms with van der Waals surface area (Å²) in [5.41, 5.74) is 0.370. The van der Waals surface area contributed by atoms with Gasteiger partial charge in [0, 0.05) is 37.1 Å². The molecule has 1 aromatic carbocycles. The van der Waals surface area contributed by atoms with Gasteiger partial charge in [0.15, 0.2) is 5.82 Å². The maximum Gasteiger partial charge on any atom is 0.164 e. The quantitative estimate of drug-likeness (QED) is 0.900. The Hall–Kier alpha value is -1.82. The van der Waals surface area contributed by atoms with Gasteiger partial charge in [0.05, 0.1) is 0 Å². The minimum atomic E-state index is -0.637. The number of fused-ring (bicyclic) bond motifs is 1. The van der Waals surface area contributed by atoms with Gasteiger partial charge < -0.3 is 9.67 Å². The van der Waals surface area contributed by atoms with Crippen LogP contribution in [0.4, 0.5) is 8.78 Å². The zero-order valence-electron chi connectivity index (χ0n) is 10.2. The van der Waals surface area contributed by atoms with Crippen LogP contribution < -0.4 is 0 Å². The topological polar surface area (TPSA) is 50.9 Å². The van der Waals surface area contributed by atoms with Gasteiger partial charge in [-0.25, -0.2) is 8.78 Å². The van der Waals surface area contributed by atoms with Crippen LogP contribution in [-0.2, 0) is 13.0 Å². The second-order valence-electron chi connectivity index (χ2n) is 4.80. The minimum absolute atomic E-state index is 0.0918. The Kier molecular flexibility index (Phi) is 3.02. The Labute approximate surface area is 108 Å². The van der Waals surface area contributed by atoms with Crippen LogP contribution in [0.2, 0.25) is 0 Å². The fourth-order valence-corrected chi connectivity index (χ4v) is 2.44. The molecule has 1 aliphatic rings. The lowest BCUT2D eigenvalue weighted by atomic mass is 10.00. The molecular formula is C13H13F2N3O. The number of nitrogens with zero attached hydrogens (tertiary/aromatic N) is 3.